The molecule has 45 heavy (non-hydrogen) atoms. The van der Waals surface area contributed by atoms with E-state index in [0.717, 1.165) is 40.7 Å². The molecule has 0 saturated carbocycles. The Morgan fingerprint density at radius 3 is 1.96 bits per heavy atom. The first-order valence-corrected chi connectivity index (χ1v) is 15.6. The van der Waals surface area contributed by atoms with E-state index in [1.165, 1.54) is 27.6 Å². The van der Waals surface area contributed by atoms with E-state index in [9.17, 15) is 0 Å². The zero-order valence-electron chi connectivity index (χ0n) is 27.0. The van der Waals surface area contributed by atoms with Crippen LogP contribution in [0.4, 0.5) is 11.4 Å². The molecule has 2 aromatic heterocycles. The highest BCUT2D eigenvalue weighted by Gasteiger charge is 2.24. The van der Waals surface area contributed by atoms with Gasteiger partial charge in [-0.1, -0.05) is 77.9 Å². The van der Waals surface area contributed by atoms with Crippen molar-refractivity contribution in [2.75, 3.05) is 16.5 Å². The monoisotopic (exact) mass is 592 g/mol. The van der Waals surface area contributed by atoms with Gasteiger partial charge in [-0.15, -0.1) is 0 Å². The van der Waals surface area contributed by atoms with Gasteiger partial charge in [0.05, 0.1) is 17.7 Å². The number of pyridine rings is 1. The van der Waals surface area contributed by atoms with Crippen LogP contribution in [0.15, 0.2) is 122 Å². The molecular formula is C40H40N4O. The fourth-order valence-corrected chi connectivity index (χ4v) is 6.01. The number of fused-ring (bicyclic) bond motifs is 3. The highest BCUT2D eigenvalue weighted by atomic mass is 16.5. The highest BCUT2D eigenvalue weighted by molar-refractivity contribution is 6.09. The van der Waals surface area contributed by atoms with Crippen molar-refractivity contribution in [1.82, 2.24) is 9.55 Å². The van der Waals surface area contributed by atoms with E-state index < -0.39 is 0 Å². The first-order valence-electron chi connectivity index (χ1n) is 15.6. The first-order chi connectivity index (χ1) is 21.5. The van der Waals surface area contributed by atoms with Crippen molar-refractivity contribution in [1.29, 1.82) is 0 Å². The van der Waals surface area contributed by atoms with Crippen molar-refractivity contribution in [3.63, 3.8) is 0 Å². The maximum absolute atomic E-state index is 6.49. The van der Waals surface area contributed by atoms with Gasteiger partial charge < -0.3 is 14.5 Å². The molecular weight excluding hydrogens is 552 g/mol. The predicted molar refractivity (Wildman–Crippen MR) is 188 cm³/mol. The third-order valence-electron chi connectivity index (χ3n) is 8.62. The fourth-order valence-electron chi connectivity index (χ4n) is 6.01. The lowest BCUT2D eigenvalue weighted by atomic mass is 9.80. The third kappa shape index (κ3) is 5.55. The number of hydrogen-bond acceptors (Lipinski definition) is 4. The SMILES string of the molecule is CC(C)(C)c1cc(N2C=CN(c3cccc(Oc4ccc5c6ccccc6n(-c6ccccn6)c5c4)c3)C2)cc(C(C)(C)C)c1. The average molecular weight is 593 g/mol. The third-order valence-corrected chi connectivity index (χ3v) is 8.62. The molecule has 5 heteroatoms. The molecule has 0 bridgehead atoms. The summed E-state index contributed by atoms with van der Waals surface area (Å²) in [4.78, 5) is 9.24. The number of aromatic nitrogens is 2. The van der Waals surface area contributed by atoms with E-state index in [0.29, 0.717) is 0 Å². The zero-order chi connectivity index (χ0) is 31.3. The smallest absolute Gasteiger partial charge is 0.137 e. The van der Waals surface area contributed by atoms with Crippen LogP contribution in [0.25, 0.3) is 27.6 Å². The summed E-state index contributed by atoms with van der Waals surface area (Å²) < 4.78 is 8.70. The molecule has 3 heterocycles. The number of para-hydroxylation sites is 1. The lowest BCUT2D eigenvalue weighted by molar-refractivity contribution is 0.483. The van der Waals surface area contributed by atoms with Gasteiger partial charge in [0, 0.05) is 52.9 Å². The average Bonchev–Trinajstić information content (AvgIpc) is 3.64. The van der Waals surface area contributed by atoms with Crippen molar-refractivity contribution in [3.05, 3.63) is 133 Å². The summed E-state index contributed by atoms with van der Waals surface area (Å²) in [6, 6.07) is 36.1. The Labute approximate surface area is 266 Å². The van der Waals surface area contributed by atoms with Crippen LogP contribution in [0, 0.1) is 0 Å². The minimum atomic E-state index is 0.0692. The quantitative estimate of drug-likeness (QED) is 0.199. The Balaban J connectivity index is 1.16. The Morgan fingerprint density at radius 2 is 1.24 bits per heavy atom. The Morgan fingerprint density at radius 1 is 0.578 bits per heavy atom. The Bertz CT molecular complexity index is 2010. The van der Waals surface area contributed by atoms with E-state index >= 15 is 0 Å². The molecule has 1 aliphatic rings. The van der Waals surface area contributed by atoms with E-state index in [2.05, 4.69) is 152 Å². The van der Waals surface area contributed by atoms with Crippen LogP contribution < -0.4 is 14.5 Å². The van der Waals surface area contributed by atoms with Crippen molar-refractivity contribution in [3.8, 4) is 17.3 Å². The minimum absolute atomic E-state index is 0.0692. The molecule has 0 radical (unpaired) electrons. The van der Waals surface area contributed by atoms with Crippen LogP contribution in [0.3, 0.4) is 0 Å². The van der Waals surface area contributed by atoms with Gasteiger partial charge in [-0.2, -0.15) is 0 Å². The van der Waals surface area contributed by atoms with Crippen LogP contribution in [-0.2, 0) is 10.8 Å². The molecule has 0 unspecified atom stereocenters. The van der Waals surface area contributed by atoms with E-state index in [1.807, 2.05) is 30.5 Å². The van der Waals surface area contributed by atoms with Gasteiger partial charge in [0.15, 0.2) is 0 Å². The van der Waals surface area contributed by atoms with Crippen molar-refractivity contribution in [2.24, 2.45) is 0 Å². The number of benzene rings is 4. The van der Waals surface area contributed by atoms with Gasteiger partial charge in [0.1, 0.15) is 17.3 Å². The van der Waals surface area contributed by atoms with Gasteiger partial charge in [-0.25, -0.2) is 4.98 Å². The molecule has 0 fully saturated rings. The molecule has 0 N–H and O–H groups in total. The largest absolute Gasteiger partial charge is 0.457 e. The lowest BCUT2D eigenvalue weighted by Crippen LogP contribution is -2.26. The second-order valence-electron chi connectivity index (χ2n) is 14.0. The maximum Gasteiger partial charge on any atom is 0.137 e. The number of rotatable bonds is 5. The van der Waals surface area contributed by atoms with E-state index in [4.69, 9.17) is 4.74 Å². The van der Waals surface area contributed by atoms with Crippen LogP contribution >= 0.6 is 0 Å². The summed E-state index contributed by atoms with van der Waals surface area (Å²) in [5, 5.41) is 2.37. The highest BCUT2D eigenvalue weighted by Crippen LogP contribution is 2.37. The molecule has 0 amide bonds. The van der Waals surface area contributed by atoms with Crippen molar-refractivity contribution in [2.45, 2.75) is 52.4 Å². The van der Waals surface area contributed by atoms with Crippen LogP contribution in [0.2, 0.25) is 0 Å². The van der Waals surface area contributed by atoms with Crippen LogP contribution in [-0.4, -0.2) is 16.2 Å². The lowest BCUT2D eigenvalue weighted by Gasteiger charge is -2.29. The van der Waals surface area contributed by atoms with Crippen molar-refractivity contribution < 1.29 is 4.74 Å². The maximum atomic E-state index is 6.49. The molecule has 226 valence electrons. The summed E-state index contributed by atoms with van der Waals surface area (Å²) in [5.74, 6) is 2.46. The van der Waals surface area contributed by atoms with Gasteiger partial charge in [0.2, 0.25) is 0 Å². The van der Waals surface area contributed by atoms with Gasteiger partial charge in [-0.3, -0.25) is 4.57 Å². The Kier molecular flexibility index (Phi) is 6.92. The molecule has 6 aromatic rings. The van der Waals surface area contributed by atoms with Crippen LogP contribution in [0.5, 0.6) is 11.5 Å². The van der Waals surface area contributed by atoms with E-state index in [-0.39, 0.29) is 10.8 Å². The van der Waals surface area contributed by atoms with Gasteiger partial charge in [0.25, 0.3) is 0 Å². The summed E-state index contributed by atoms with van der Waals surface area (Å²) in [5.41, 5.74) is 7.33. The molecule has 7 rings (SSSR count). The molecule has 0 spiro atoms. The van der Waals surface area contributed by atoms with Crippen LogP contribution in [0.1, 0.15) is 52.7 Å². The molecule has 0 saturated heterocycles. The summed E-state index contributed by atoms with van der Waals surface area (Å²) >= 11 is 0. The number of hydrogen-bond donors (Lipinski definition) is 0. The molecule has 1 aliphatic heterocycles. The molecule has 0 atom stereocenters. The molecule has 4 aromatic carbocycles. The number of ether oxygens (including phenoxy) is 1. The topological polar surface area (TPSA) is 33.5 Å². The fraction of sp³-hybridized carbons (Fsp3) is 0.225. The second-order valence-corrected chi connectivity index (χ2v) is 14.0. The normalized spacial score (nSPS) is 13.7. The molecule has 5 nitrogen and oxygen atoms in total. The predicted octanol–water partition coefficient (Wildman–Crippen LogP) is 10.3. The summed E-state index contributed by atoms with van der Waals surface area (Å²) in [6.07, 6.45) is 6.16. The molecule has 0 aliphatic carbocycles. The number of nitrogens with zero attached hydrogens (tertiary/aromatic N) is 4. The zero-order valence-corrected chi connectivity index (χ0v) is 27.0. The van der Waals surface area contributed by atoms with Gasteiger partial charge in [-0.05, 0) is 76.6 Å². The second kappa shape index (κ2) is 10.8. The van der Waals surface area contributed by atoms with Gasteiger partial charge >= 0.3 is 0 Å². The van der Waals surface area contributed by atoms with Crippen molar-refractivity contribution >= 4 is 33.2 Å². The number of anilines is 2. The Hall–Kier alpha value is -5.03. The van der Waals surface area contributed by atoms with E-state index in [1.54, 1.807) is 0 Å². The minimum Gasteiger partial charge on any atom is -0.457 e. The standard InChI is InChI=1S/C40H40N4O/c1-39(2,3)28-22-29(40(4,5)6)24-31(23-28)43-21-20-42(27-43)30-12-11-13-32(25-30)45-33-17-18-35-34-14-7-8-15-36(34)44(37(35)26-33)38-16-9-10-19-41-38/h7-26H,27H2,1-6H3. The summed E-state index contributed by atoms with van der Waals surface area (Å²) in [6.45, 7) is 14.4. The first kappa shape index (κ1) is 28.7. The summed E-state index contributed by atoms with van der Waals surface area (Å²) in [7, 11) is 0.